The minimum absolute atomic E-state index is 0.171. The maximum atomic E-state index is 12.7. The van der Waals surface area contributed by atoms with Crippen LogP contribution in [0.25, 0.3) is 22.4 Å². The lowest BCUT2D eigenvalue weighted by molar-refractivity contribution is 0.102. The van der Waals surface area contributed by atoms with Gasteiger partial charge in [0.15, 0.2) is 5.13 Å². The second-order valence-electron chi connectivity index (χ2n) is 7.40. The number of nitrogens with one attached hydrogen (secondary N) is 1. The number of benzene rings is 3. The lowest BCUT2D eigenvalue weighted by Gasteiger charge is -2.05. The average Bonchev–Trinajstić information content (AvgIpc) is 3.23. The van der Waals surface area contributed by atoms with Crippen LogP contribution < -0.4 is 10.1 Å². The van der Waals surface area contributed by atoms with Gasteiger partial charge in [-0.25, -0.2) is 4.98 Å². The first-order valence-electron chi connectivity index (χ1n) is 10.9. The number of carbonyl (C=O) groups is 1. The molecule has 162 valence electrons. The van der Waals surface area contributed by atoms with Crippen molar-refractivity contribution in [3.05, 3.63) is 89.3 Å². The van der Waals surface area contributed by atoms with Crippen molar-refractivity contribution in [3.8, 4) is 28.1 Å². The summed E-state index contributed by atoms with van der Waals surface area (Å²) >= 11 is 1.55. The molecule has 0 saturated heterocycles. The Morgan fingerprint density at radius 2 is 1.53 bits per heavy atom. The molecule has 0 unspecified atom stereocenters. The normalized spacial score (nSPS) is 10.7. The van der Waals surface area contributed by atoms with Crippen LogP contribution in [0.1, 0.15) is 35.5 Å². The number of amides is 1. The topological polar surface area (TPSA) is 51.2 Å². The molecule has 1 aromatic heterocycles. The zero-order valence-corrected chi connectivity index (χ0v) is 19.1. The molecule has 32 heavy (non-hydrogen) atoms. The molecule has 4 nitrogen and oxygen atoms in total. The smallest absolute Gasteiger partial charge is 0.257 e. The standard InChI is InChI=1S/C27H26N2O2S/c1-3-8-24-25(21-13-11-20(12-14-21)19-9-6-5-7-10-19)28-27(32-24)29-26(30)22-15-17-23(18-16-22)31-4-2/h5-7,9-18H,3-4,8H2,1-2H3,(H,28,29,30). The van der Waals surface area contributed by atoms with Gasteiger partial charge in [-0.05, 0) is 48.7 Å². The summed E-state index contributed by atoms with van der Waals surface area (Å²) in [5.41, 5.74) is 4.94. The van der Waals surface area contributed by atoms with E-state index in [0.29, 0.717) is 17.3 Å². The second-order valence-corrected chi connectivity index (χ2v) is 8.48. The molecule has 0 fully saturated rings. The van der Waals surface area contributed by atoms with E-state index in [1.165, 1.54) is 16.0 Å². The Kier molecular flexibility index (Phi) is 6.97. The summed E-state index contributed by atoms with van der Waals surface area (Å²) in [5, 5.41) is 3.58. The maximum Gasteiger partial charge on any atom is 0.257 e. The van der Waals surface area contributed by atoms with Crippen molar-refractivity contribution < 1.29 is 9.53 Å². The van der Waals surface area contributed by atoms with Gasteiger partial charge in [-0.3, -0.25) is 10.1 Å². The molecule has 4 aromatic rings. The van der Waals surface area contributed by atoms with Crippen LogP contribution in [0, 0.1) is 0 Å². The van der Waals surface area contributed by atoms with Gasteiger partial charge in [0, 0.05) is 16.0 Å². The largest absolute Gasteiger partial charge is 0.494 e. The number of nitrogens with zero attached hydrogens (tertiary/aromatic N) is 1. The number of aromatic nitrogens is 1. The van der Waals surface area contributed by atoms with Crippen LogP contribution >= 0.6 is 11.3 Å². The van der Waals surface area contributed by atoms with E-state index in [9.17, 15) is 4.79 Å². The third kappa shape index (κ3) is 5.06. The molecule has 0 aliphatic heterocycles. The minimum Gasteiger partial charge on any atom is -0.494 e. The first kappa shape index (κ1) is 21.8. The molecule has 1 amide bonds. The summed E-state index contributed by atoms with van der Waals surface area (Å²) < 4.78 is 5.45. The number of rotatable bonds is 8. The van der Waals surface area contributed by atoms with Gasteiger partial charge in [0.05, 0.1) is 12.3 Å². The Labute approximate surface area is 192 Å². The van der Waals surface area contributed by atoms with Gasteiger partial charge in [-0.2, -0.15) is 0 Å². The van der Waals surface area contributed by atoms with Crippen molar-refractivity contribution in [2.24, 2.45) is 0 Å². The molecule has 0 atom stereocenters. The van der Waals surface area contributed by atoms with Gasteiger partial charge >= 0.3 is 0 Å². The Morgan fingerprint density at radius 1 is 0.875 bits per heavy atom. The maximum absolute atomic E-state index is 12.7. The fourth-order valence-electron chi connectivity index (χ4n) is 3.52. The van der Waals surface area contributed by atoms with E-state index in [-0.39, 0.29) is 5.91 Å². The highest BCUT2D eigenvalue weighted by atomic mass is 32.1. The zero-order valence-electron chi connectivity index (χ0n) is 18.3. The Hall–Kier alpha value is -3.44. The van der Waals surface area contributed by atoms with Crippen LogP contribution in [0.15, 0.2) is 78.9 Å². The van der Waals surface area contributed by atoms with Crippen molar-refractivity contribution in [2.75, 3.05) is 11.9 Å². The third-order valence-corrected chi connectivity index (χ3v) is 6.12. The lowest BCUT2D eigenvalue weighted by atomic mass is 10.0. The van der Waals surface area contributed by atoms with E-state index < -0.39 is 0 Å². The molecule has 0 spiro atoms. The van der Waals surface area contributed by atoms with E-state index >= 15 is 0 Å². The van der Waals surface area contributed by atoms with Crippen molar-refractivity contribution in [1.82, 2.24) is 4.98 Å². The molecule has 1 heterocycles. The van der Waals surface area contributed by atoms with Crippen molar-refractivity contribution >= 4 is 22.4 Å². The van der Waals surface area contributed by atoms with E-state index in [0.717, 1.165) is 29.8 Å². The molecule has 0 saturated carbocycles. The number of thiazole rings is 1. The molecular weight excluding hydrogens is 416 g/mol. The molecule has 0 aliphatic rings. The summed E-state index contributed by atoms with van der Waals surface area (Å²) in [4.78, 5) is 18.7. The van der Waals surface area contributed by atoms with Crippen LogP contribution in [-0.2, 0) is 6.42 Å². The highest BCUT2D eigenvalue weighted by molar-refractivity contribution is 7.16. The van der Waals surface area contributed by atoms with Crippen LogP contribution in [0.2, 0.25) is 0 Å². The predicted molar refractivity (Wildman–Crippen MR) is 133 cm³/mol. The van der Waals surface area contributed by atoms with Gasteiger partial charge in [-0.1, -0.05) is 67.9 Å². The second kappa shape index (κ2) is 10.2. The number of aryl methyl sites for hydroxylation is 1. The SMILES string of the molecule is CCCc1sc(NC(=O)c2ccc(OCC)cc2)nc1-c1ccc(-c2ccccc2)cc1. The number of hydrogen-bond donors (Lipinski definition) is 1. The number of carbonyl (C=O) groups excluding carboxylic acids is 1. The number of ether oxygens (including phenoxy) is 1. The number of hydrogen-bond acceptors (Lipinski definition) is 4. The van der Waals surface area contributed by atoms with Gasteiger partial charge in [0.2, 0.25) is 0 Å². The van der Waals surface area contributed by atoms with Crippen molar-refractivity contribution in [2.45, 2.75) is 26.7 Å². The average molecular weight is 443 g/mol. The monoisotopic (exact) mass is 442 g/mol. The van der Waals surface area contributed by atoms with E-state index in [2.05, 4.69) is 48.6 Å². The predicted octanol–water partition coefficient (Wildman–Crippen LogP) is 7.08. The fraction of sp³-hybridized carbons (Fsp3) is 0.185. The van der Waals surface area contributed by atoms with Gasteiger partial charge in [-0.15, -0.1) is 11.3 Å². The van der Waals surface area contributed by atoms with Crippen LogP contribution in [0.5, 0.6) is 5.75 Å². The summed E-state index contributed by atoms with van der Waals surface area (Å²) in [6.45, 7) is 4.68. The van der Waals surface area contributed by atoms with Crippen LogP contribution in [0.4, 0.5) is 5.13 Å². The fourth-order valence-corrected chi connectivity index (χ4v) is 4.60. The molecule has 0 bridgehead atoms. The molecule has 0 aliphatic carbocycles. The lowest BCUT2D eigenvalue weighted by Crippen LogP contribution is -2.11. The molecule has 1 N–H and O–H groups in total. The molecule has 4 rings (SSSR count). The molecule has 5 heteroatoms. The minimum atomic E-state index is -0.171. The van der Waals surface area contributed by atoms with Crippen molar-refractivity contribution in [1.29, 1.82) is 0 Å². The first-order valence-corrected chi connectivity index (χ1v) is 11.7. The first-order chi connectivity index (χ1) is 15.7. The van der Waals surface area contributed by atoms with E-state index in [4.69, 9.17) is 9.72 Å². The highest BCUT2D eigenvalue weighted by Crippen LogP contribution is 2.33. The third-order valence-electron chi connectivity index (χ3n) is 5.09. The molecule has 3 aromatic carbocycles. The summed E-state index contributed by atoms with van der Waals surface area (Å²) in [5.74, 6) is 0.584. The Balaban J connectivity index is 1.55. The van der Waals surface area contributed by atoms with Crippen molar-refractivity contribution in [3.63, 3.8) is 0 Å². The zero-order chi connectivity index (χ0) is 22.3. The van der Waals surface area contributed by atoms with E-state index in [1.54, 1.807) is 23.5 Å². The summed E-state index contributed by atoms with van der Waals surface area (Å²) in [6.07, 6.45) is 1.94. The van der Waals surface area contributed by atoms with Gasteiger partial charge < -0.3 is 4.74 Å². The van der Waals surface area contributed by atoms with Gasteiger partial charge in [0.1, 0.15) is 5.75 Å². The molecule has 0 radical (unpaired) electrons. The van der Waals surface area contributed by atoms with Crippen LogP contribution in [-0.4, -0.2) is 17.5 Å². The number of anilines is 1. The highest BCUT2D eigenvalue weighted by Gasteiger charge is 2.15. The van der Waals surface area contributed by atoms with Crippen LogP contribution in [0.3, 0.4) is 0 Å². The van der Waals surface area contributed by atoms with Gasteiger partial charge in [0.25, 0.3) is 5.91 Å². The quantitative estimate of drug-likeness (QED) is 0.317. The Morgan fingerprint density at radius 3 is 2.19 bits per heavy atom. The molecular formula is C27H26N2O2S. The summed E-state index contributed by atoms with van der Waals surface area (Å²) in [6, 6.07) is 25.9. The van der Waals surface area contributed by atoms with E-state index in [1.807, 2.05) is 37.3 Å². The Bertz CT molecular complexity index is 1170. The summed E-state index contributed by atoms with van der Waals surface area (Å²) in [7, 11) is 0.